The van der Waals surface area contributed by atoms with E-state index in [1.807, 2.05) is 13.2 Å². The number of para-hydroxylation sites is 1. The van der Waals surface area contributed by atoms with Crippen molar-refractivity contribution in [2.24, 2.45) is 0 Å². The van der Waals surface area contributed by atoms with Crippen LogP contribution >= 0.6 is 11.8 Å². The Hall–Kier alpha value is -0.970. The Morgan fingerprint density at radius 2 is 2.07 bits per heavy atom. The molecule has 1 aromatic carbocycles. The molecule has 1 heterocycles. The predicted molar refractivity (Wildman–Crippen MR) is 54.6 cm³/mol. The van der Waals surface area contributed by atoms with Crippen LogP contribution in [-0.4, -0.2) is 12.6 Å². The van der Waals surface area contributed by atoms with Crippen LogP contribution in [0.25, 0.3) is 0 Å². The second-order valence-electron chi connectivity index (χ2n) is 3.22. The summed E-state index contributed by atoms with van der Waals surface area (Å²) in [5.41, 5.74) is 0.733. The molecule has 1 aromatic rings. The highest BCUT2D eigenvalue weighted by molar-refractivity contribution is 7.98. The van der Waals surface area contributed by atoms with Crippen molar-refractivity contribution in [1.82, 2.24) is 0 Å². The molecule has 0 spiro atoms. The first kappa shape index (κ1) is 10.5. The van der Waals surface area contributed by atoms with Gasteiger partial charge in [0.1, 0.15) is 0 Å². The van der Waals surface area contributed by atoms with Crippen molar-refractivity contribution in [3.63, 3.8) is 0 Å². The van der Waals surface area contributed by atoms with Gasteiger partial charge in [-0.25, -0.2) is 0 Å². The van der Waals surface area contributed by atoms with E-state index in [4.69, 9.17) is 0 Å². The summed E-state index contributed by atoms with van der Waals surface area (Å²) >= 11 is 1.56. The molecule has 0 saturated carbocycles. The summed E-state index contributed by atoms with van der Waals surface area (Å²) in [6, 6.07) is 4.93. The summed E-state index contributed by atoms with van der Waals surface area (Å²) in [7, 11) is 0. The molecule has 1 atom stereocenters. The van der Waals surface area contributed by atoms with E-state index in [9.17, 15) is 8.78 Å². The van der Waals surface area contributed by atoms with Crippen LogP contribution < -0.4 is 9.47 Å². The Morgan fingerprint density at radius 1 is 1.33 bits per heavy atom. The largest absolute Gasteiger partial charge is 0.586 e. The summed E-state index contributed by atoms with van der Waals surface area (Å²) in [5, 5.41) is 0.0949. The zero-order valence-electron chi connectivity index (χ0n) is 8.29. The van der Waals surface area contributed by atoms with E-state index in [1.54, 1.807) is 23.9 Å². The minimum absolute atomic E-state index is 0.0949. The third kappa shape index (κ3) is 1.88. The third-order valence-electron chi connectivity index (χ3n) is 2.25. The maximum Gasteiger partial charge on any atom is 0.586 e. The normalized spacial score (nSPS) is 18.9. The second-order valence-corrected chi connectivity index (χ2v) is 4.40. The molecular formula is C10H10F2O2S. The van der Waals surface area contributed by atoms with Gasteiger partial charge < -0.3 is 9.47 Å². The fourth-order valence-electron chi connectivity index (χ4n) is 1.44. The maximum absolute atomic E-state index is 12.8. The van der Waals surface area contributed by atoms with Crippen molar-refractivity contribution in [3.8, 4) is 11.5 Å². The molecule has 2 nitrogen and oxygen atoms in total. The average molecular weight is 232 g/mol. The summed E-state index contributed by atoms with van der Waals surface area (Å²) in [6.45, 7) is 1.93. The number of benzene rings is 1. The van der Waals surface area contributed by atoms with E-state index in [2.05, 4.69) is 9.47 Å². The third-order valence-corrected chi connectivity index (χ3v) is 3.21. The van der Waals surface area contributed by atoms with E-state index >= 15 is 0 Å². The lowest BCUT2D eigenvalue weighted by molar-refractivity contribution is -0.286. The van der Waals surface area contributed by atoms with Crippen molar-refractivity contribution < 1.29 is 18.3 Å². The van der Waals surface area contributed by atoms with E-state index in [-0.39, 0.29) is 16.7 Å². The Labute approximate surface area is 90.6 Å². The molecule has 1 aliphatic rings. The molecule has 2 rings (SSSR count). The number of ether oxygens (including phenoxy) is 2. The molecule has 0 aromatic heterocycles. The minimum Gasteiger partial charge on any atom is -0.395 e. The lowest BCUT2D eigenvalue weighted by Gasteiger charge is -2.11. The van der Waals surface area contributed by atoms with Crippen LogP contribution in [0, 0.1) is 0 Å². The molecule has 0 N–H and O–H groups in total. The molecule has 0 saturated heterocycles. The molecular weight excluding hydrogens is 222 g/mol. The first-order chi connectivity index (χ1) is 7.03. The van der Waals surface area contributed by atoms with Gasteiger partial charge in [-0.05, 0) is 19.2 Å². The van der Waals surface area contributed by atoms with Crippen molar-refractivity contribution in [1.29, 1.82) is 0 Å². The summed E-state index contributed by atoms with van der Waals surface area (Å²) in [4.78, 5) is 0. The van der Waals surface area contributed by atoms with Gasteiger partial charge in [-0.15, -0.1) is 8.78 Å². The summed E-state index contributed by atoms with van der Waals surface area (Å²) < 4.78 is 34.5. The Morgan fingerprint density at radius 3 is 2.73 bits per heavy atom. The average Bonchev–Trinajstić information content (AvgIpc) is 2.49. The van der Waals surface area contributed by atoms with Crippen molar-refractivity contribution in [3.05, 3.63) is 23.8 Å². The lowest BCUT2D eigenvalue weighted by Crippen LogP contribution is -2.26. The summed E-state index contributed by atoms with van der Waals surface area (Å²) in [6.07, 6.45) is -1.62. The van der Waals surface area contributed by atoms with E-state index in [1.165, 1.54) is 6.07 Å². The van der Waals surface area contributed by atoms with Gasteiger partial charge in [0.15, 0.2) is 11.5 Å². The molecule has 0 bridgehead atoms. The number of rotatable bonds is 2. The highest BCUT2D eigenvalue weighted by atomic mass is 32.2. The molecule has 15 heavy (non-hydrogen) atoms. The van der Waals surface area contributed by atoms with Crippen molar-refractivity contribution >= 4 is 11.8 Å². The zero-order chi connectivity index (χ0) is 11.1. The minimum atomic E-state index is -3.53. The smallest absolute Gasteiger partial charge is 0.395 e. The molecule has 5 heteroatoms. The van der Waals surface area contributed by atoms with Crippen molar-refractivity contribution in [2.75, 3.05) is 6.26 Å². The first-order valence-corrected chi connectivity index (χ1v) is 5.74. The lowest BCUT2D eigenvalue weighted by atomic mass is 10.1. The van der Waals surface area contributed by atoms with Gasteiger partial charge in [-0.3, -0.25) is 0 Å². The van der Waals surface area contributed by atoms with Crippen LogP contribution in [-0.2, 0) is 0 Å². The van der Waals surface area contributed by atoms with Gasteiger partial charge >= 0.3 is 6.29 Å². The molecule has 0 fully saturated rings. The Balaban J connectivity index is 2.41. The fraction of sp³-hybridized carbons (Fsp3) is 0.400. The van der Waals surface area contributed by atoms with E-state index in [0.717, 1.165) is 5.56 Å². The van der Waals surface area contributed by atoms with Crippen LogP contribution in [0.1, 0.15) is 17.7 Å². The van der Waals surface area contributed by atoms with Gasteiger partial charge in [0.25, 0.3) is 0 Å². The van der Waals surface area contributed by atoms with Crippen LogP contribution in [0.5, 0.6) is 11.5 Å². The van der Waals surface area contributed by atoms with Gasteiger partial charge in [-0.1, -0.05) is 12.1 Å². The van der Waals surface area contributed by atoms with E-state index < -0.39 is 6.29 Å². The summed E-state index contributed by atoms with van der Waals surface area (Å²) in [5.74, 6) is 0.266. The number of thioether (sulfide) groups is 1. The van der Waals surface area contributed by atoms with Crippen LogP contribution in [0.2, 0.25) is 0 Å². The van der Waals surface area contributed by atoms with E-state index in [0.29, 0.717) is 0 Å². The fourth-order valence-corrected chi connectivity index (χ4v) is 1.88. The number of alkyl halides is 2. The van der Waals surface area contributed by atoms with Crippen molar-refractivity contribution in [2.45, 2.75) is 18.5 Å². The molecule has 0 amide bonds. The number of hydrogen-bond donors (Lipinski definition) is 0. The number of fused-ring (bicyclic) bond motifs is 1. The number of halogens is 2. The van der Waals surface area contributed by atoms with Crippen LogP contribution in [0.3, 0.4) is 0 Å². The zero-order valence-corrected chi connectivity index (χ0v) is 9.11. The molecule has 1 unspecified atom stereocenters. The SMILES string of the molecule is CSC(C)c1cccc2c1OC(F)(F)O2. The monoisotopic (exact) mass is 232 g/mol. The standard InChI is InChI=1S/C10H10F2O2S/c1-6(15-2)7-4-3-5-8-9(7)14-10(11,12)13-8/h3-6H,1-2H3. The molecule has 82 valence electrons. The molecule has 1 aliphatic heterocycles. The van der Waals surface area contributed by atoms with Gasteiger partial charge in [-0.2, -0.15) is 11.8 Å². The molecule has 0 aliphatic carbocycles. The maximum atomic E-state index is 12.8. The predicted octanol–water partition coefficient (Wildman–Crippen LogP) is 3.43. The highest BCUT2D eigenvalue weighted by Crippen LogP contribution is 2.46. The van der Waals surface area contributed by atoms with Gasteiger partial charge in [0.05, 0.1) is 0 Å². The highest BCUT2D eigenvalue weighted by Gasteiger charge is 2.44. The molecule has 0 radical (unpaired) electrons. The quantitative estimate of drug-likeness (QED) is 0.778. The van der Waals surface area contributed by atoms with Gasteiger partial charge in [0, 0.05) is 10.8 Å². The first-order valence-electron chi connectivity index (χ1n) is 4.45. The second kappa shape index (κ2) is 3.56. The van der Waals surface area contributed by atoms with Gasteiger partial charge in [0.2, 0.25) is 0 Å². The van der Waals surface area contributed by atoms with Crippen LogP contribution in [0.15, 0.2) is 18.2 Å². The topological polar surface area (TPSA) is 18.5 Å². The Kier molecular flexibility index (Phi) is 2.50. The van der Waals surface area contributed by atoms with Crippen LogP contribution in [0.4, 0.5) is 8.78 Å². The number of hydrogen-bond acceptors (Lipinski definition) is 3. The Bertz CT molecular complexity index is 382.